The molecule has 2 amide bonds. The van der Waals surface area contributed by atoms with E-state index < -0.39 is 11.9 Å². The third-order valence-corrected chi connectivity index (χ3v) is 4.67. The molecular weight excluding hydrogens is 366 g/mol. The molecule has 1 aromatic heterocycles. The maximum absolute atomic E-state index is 12.2. The van der Waals surface area contributed by atoms with Crippen LogP contribution >= 0.6 is 0 Å². The number of anilines is 1. The van der Waals surface area contributed by atoms with E-state index in [-0.39, 0.29) is 23.7 Å². The van der Waals surface area contributed by atoms with Gasteiger partial charge in [0.05, 0.1) is 24.9 Å². The van der Waals surface area contributed by atoms with E-state index in [4.69, 9.17) is 5.11 Å². The van der Waals surface area contributed by atoms with Crippen LogP contribution in [0.3, 0.4) is 0 Å². The number of carbonyl (C=O) groups is 3. The molecule has 10 nitrogen and oxygen atoms in total. The van der Waals surface area contributed by atoms with Crippen molar-refractivity contribution in [2.45, 2.75) is 31.7 Å². The van der Waals surface area contributed by atoms with Crippen molar-refractivity contribution in [3.63, 3.8) is 0 Å². The molecule has 1 saturated carbocycles. The third kappa shape index (κ3) is 4.64. The fourth-order valence-corrected chi connectivity index (χ4v) is 3.15. The number of carboxylic acids is 1. The molecule has 1 aromatic carbocycles. The minimum absolute atomic E-state index is 0.0447. The van der Waals surface area contributed by atoms with Crippen LogP contribution in [0, 0.1) is 5.92 Å². The van der Waals surface area contributed by atoms with E-state index >= 15 is 0 Å². The van der Waals surface area contributed by atoms with Gasteiger partial charge in [-0.1, -0.05) is 11.3 Å². The maximum Gasteiger partial charge on any atom is 0.360 e. The summed E-state index contributed by atoms with van der Waals surface area (Å²) in [6, 6.07) is 6.51. The Morgan fingerprint density at radius 2 is 1.96 bits per heavy atom. The normalized spacial score (nSPS) is 18.9. The van der Waals surface area contributed by atoms with Gasteiger partial charge in [-0.25, -0.2) is 14.3 Å². The SMILES string of the molecule is COC(=O)c1cn(-c2cccc(NC(=O)NC3CCC(C(=O)O)CC3)c2)nn1. The fraction of sp³-hybridized carbons (Fsp3) is 0.389. The average molecular weight is 387 g/mol. The summed E-state index contributed by atoms with van der Waals surface area (Å²) in [5.41, 5.74) is 1.24. The number of amides is 2. The number of aromatic nitrogens is 3. The maximum atomic E-state index is 12.2. The number of hydrogen-bond acceptors (Lipinski definition) is 6. The molecule has 0 unspecified atom stereocenters. The summed E-state index contributed by atoms with van der Waals surface area (Å²) >= 11 is 0. The van der Waals surface area contributed by atoms with E-state index in [1.807, 2.05) is 0 Å². The van der Waals surface area contributed by atoms with Gasteiger partial charge >= 0.3 is 18.0 Å². The van der Waals surface area contributed by atoms with Crippen LogP contribution < -0.4 is 10.6 Å². The Morgan fingerprint density at radius 3 is 2.64 bits per heavy atom. The summed E-state index contributed by atoms with van der Waals surface area (Å²) in [5, 5.41) is 22.3. The number of ether oxygens (including phenoxy) is 1. The number of carbonyl (C=O) groups excluding carboxylic acids is 2. The highest BCUT2D eigenvalue weighted by Gasteiger charge is 2.26. The Labute approximate surface area is 160 Å². The minimum atomic E-state index is -0.775. The molecule has 1 aliphatic carbocycles. The van der Waals surface area contributed by atoms with Crippen molar-refractivity contribution in [2.75, 3.05) is 12.4 Å². The van der Waals surface area contributed by atoms with Gasteiger partial charge in [-0.3, -0.25) is 4.79 Å². The second-order valence-electron chi connectivity index (χ2n) is 6.58. The molecule has 3 N–H and O–H groups in total. The summed E-state index contributed by atoms with van der Waals surface area (Å²) in [7, 11) is 1.26. The van der Waals surface area contributed by atoms with Crippen LogP contribution in [0.4, 0.5) is 10.5 Å². The first-order chi connectivity index (χ1) is 13.5. The molecule has 3 rings (SSSR count). The fourth-order valence-electron chi connectivity index (χ4n) is 3.15. The summed E-state index contributed by atoms with van der Waals surface area (Å²) in [6.07, 6.45) is 3.83. The number of methoxy groups -OCH3 is 1. The second kappa shape index (κ2) is 8.51. The van der Waals surface area contributed by atoms with Gasteiger partial charge in [0.25, 0.3) is 0 Å². The highest BCUT2D eigenvalue weighted by atomic mass is 16.5. The highest BCUT2D eigenvalue weighted by molar-refractivity contribution is 5.90. The third-order valence-electron chi connectivity index (χ3n) is 4.67. The second-order valence-corrected chi connectivity index (χ2v) is 6.58. The van der Waals surface area contributed by atoms with E-state index in [1.165, 1.54) is 18.0 Å². The molecule has 28 heavy (non-hydrogen) atoms. The van der Waals surface area contributed by atoms with Crippen LogP contribution in [0.15, 0.2) is 30.5 Å². The van der Waals surface area contributed by atoms with Gasteiger partial charge < -0.3 is 20.5 Å². The highest BCUT2D eigenvalue weighted by Crippen LogP contribution is 2.24. The van der Waals surface area contributed by atoms with Crippen molar-refractivity contribution >= 4 is 23.7 Å². The van der Waals surface area contributed by atoms with Crippen molar-refractivity contribution in [3.8, 4) is 5.69 Å². The standard InChI is InChI=1S/C18H21N5O5/c1-28-17(26)15-10-23(22-21-15)14-4-2-3-13(9-14)20-18(27)19-12-7-5-11(6-8-12)16(24)25/h2-4,9-12H,5-8H2,1H3,(H,24,25)(H2,19,20,27). The lowest BCUT2D eigenvalue weighted by Crippen LogP contribution is -2.40. The molecular formula is C18H21N5O5. The number of hydrogen-bond donors (Lipinski definition) is 3. The average Bonchev–Trinajstić information content (AvgIpc) is 3.18. The van der Waals surface area contributed by atoms with E-state index in [0.717, 1.165) is 0 Å². The number of carboxylic acid groups (broad SMARTS) is 1. The number of nitrogens with one attached hydrogen (secondary N) is 2. The Hall–Kier alpha value is -3.43. The first-order valence-corrected chi connectivity index (χ1v) is 8.87. The predicted octanol–water partition coefficient (Wildman–Crippen LogP) is 1.82. The number of benzene rings is 1. The number of aliphatic carboxylic acids is 1. The zero-order valence-corrected chi connectivity index (χ0v) is 15.3. The molecule has 1 fully saturated rings. The Balaban J connectivity index is 1.58. The van der Waals surface area contributed by atoms with Crippen LogP contribution in [0.1, 0.15) is 36.2 Å². The molecule has 0 spiro atoms. The van der Waals surface area contributed by atoms with Gasteiger partial charge in [0.1, 0.15) is 0 Å². The molecule has 0 bridgehead atoms. The molecule has 148 valence electrons. The lowest BCUT2D eigenvalue weighted by atomic mass is 9.86. The first kappa shape index (κ1) is 19.3. The van der Waals surface area contributed by atoms with Crippen molar-refractivity contribution in [3.05, 3.63) is 36.2 Å². The molecule has 0 aliphatic heterocycles. The summed E-state index contributed by atoms with van der Waals surface area (Å²) in [5.74, 6) is -1.68. The van der Waals surface area contributed by atoms with Crippen LogP contribution in [-0.4, -0.2) is 51.2 Å². The lowest BCUT2D eigenvalue weighted by Gasteiger charge is -2.26. The molecule has 1 heterocycles. The van der Waals surface area contributed by atoms with Gasteiger partial charge in [-0.05, 0) is 43.9 Å². The molecule has 1 aliphatic rings. The number of nitrogens with zero attached hydrogens (tertiary/aromatic N) is 3. The van der Waals surface area contributed by atoms with E-state index in [2.05, 4.69) is 25.7 Å². The van der Waals surface area contributed by atoms with Crippen LogP contribution in [0.5, 0.6) is 0 Å². The minimum Gasteiger partial charge on any atom is -0.481 e. The molecule has 2 aromatic rings. The van der Waals surface area contributed by atoms with Crippen molar-refractivity contribution in [1.29, 1.82) is 0 Å². The largest absolute Gasteiger partial charge is 0.481 e. The van der Waals surface area contributed by atoms with E-state index in [9.17, 15) is 14.4 Å². The van der Waals surface area contributed by atoms with Crippen LogP contribution in [0.2, 0.25) is 0 Å². The van der Waals surface area contributed by atoms with Crippen molar-refractivity contribution in [2.24, 2.45) is 5.92 Å². The topological polar surface area (TPSA) is 135 Å². The quantitative estimate of drug-likeness (QED) is 0.666. The van der Waals surface area contributed by atoms with Crippen molar-refractivity contribution in [1.82, 2.24) is 20.3 Å². The molecule has 0 atom stereocenters. The number of rotatable bonds is 5. The van der Waals surface area contributed by atoms with E-state index in [0.29, 0.717) is 37.1 Å². The zero-order valence-electron chi connectivity index (χ0n) is 15.3. The lowest BCUT2D eigenvalue weighted by molar-refractivity contribution is -0.142. The Bertz CT molecular complexity index is 873. The van der Waals surface area contributed by atoms with Crippen molar-refractivity contribution < 1.29 is 24.2 Å². The molecule has 0 radical (unpaired) electrons. The van der Waals surface area contributed by atoms with Gasteiger partial charge in [-0.15, -0.1) is 5.10 Å². The van der Waals surface area contributed by atoms with Crippen LogP contribution in [0.25, 0.3) is 5.69 Å². The summed E-state index contributed by atoms with van der Waals surface area (Å²) in [6.45, 7) is 0. The van der Waals surface area contributed by atoms with Gasteiger partial charge in [0.15, 0.2) is 5.69 Å². The smallest absolute Gasteiger partial charge is 0.360 e. The number of urea groups is 1. The number of esters is 1. The molecule has 10 heteroatoms. The Morgan fingerprint density at radius 1 is 1.21 bits per heavy atom. The first-order valence-electron chi connectivity index (χ1n) is 8.87. The summed E-state index contributed by atoms with van der Waals surface area (Å²) < 4.78 is 6.01. The van der Waals surface area contributed by atoms with Gasteiger partial charge in [0, 0.05) is 11.7 Å². The zero-order chi connectivity index (χ0) is 20.1. The summed E-state index contributed by atoms with van der Waals surface area (Å²) in [4.78, 5) is 34.7. The van der Waals surface area contributed by atoms with Crippen LogP contribution in [-0.2, 0) is 9.53 Å². The van der Waals surface area contributed by atoms with Gasteiger partial charge in [0.2, 0.25) is 0 Å². The van der Waals surface area contributed by atoms with Gasteiger partial charge in [-0.2, -0.15) is 0 Å². The monoisotopic (exact) mass is 387 g/mol. The van der Waals surface area contributed by atoms with E-state index in [1.54, 1.807) is 24.3 Å². The molecule has 0 saturated heterocycles. The Kier molecular flexibility index (Phi) is 5.87. The predicted molar refractivity (Wildman–Crippen MR) is 98.2 cm³/mol.